The van der Waals surface area contributed by atoms with Crippen molar-refractivity contribution >= 4 is 17.7 Å². The van der Waals surface area contributed by atoms with Crippen molar-refractivity contribution in [1.82, 2.24) is 25.1 Å². The van der Waals surface area contributed by atoms with Crippen LogP contribution in [0.15, 0.2) is 29.6 Å². The topological polar surface area (TPSA) is 84.0 Å². The van der Waals surface area contributed by atoms with Crippen LogP contribution < -0.4 is 0 Å². The predicted molar refractivity (Wildman–Crippen MR) is 77.7 cm³/mol. The summed E-state index contributed by atoms with van der Waals surface area (Å²) in [6.07, 6.45) is 1.70. The first-order valence-electron chi connectivity index (χ1n) is 6.65. The highest BCUT2D eigenvalue weighted by Gasteiger charge is 2.17. The van der Waals surface area contributed by atoms with E-state index in [9.17, 15) is 4.79 Å². The van der Waals surface area contributed by atoms with Gasteiger partial charge < -0.3 is 9.64 Å². The van der Waals surface area contributed by atoms with Gasteiger partial charge in [0.15, 0.2) is 5.82 Å². The Balaban J connectivity index is 1.56. The minimum atomic E-state index is 0.0903. The van der Waals surface area contributed by atoms with Crippen LogP contribution in [0, 0.1) is 0 Å². The van der Waals surface area contributed by atoms with Gasteiger partial charge in [-0.15, -0.1) is 5.10 Å². The predicted octanol–water partition coefficient (Wildman–Crippen LogP) is 0.818. The van der Waals surface area contributed by atoms with Crippen molar-refractivity contribution in [1.29, 1.82) is 0 Å². The molecule has 0 spiro atoms. The van der Waals surface area contributed by atoms with E-state index in [2.05, 4.69) is 20.2 Å². The maximum absolute atomic E-state index is 12.0. The molecule has 1 N–H and O–H groups in total. The van der Waals surface area contributed by atoms with Gasteiger partial charge in [-0.05, 0) is 12.1 Å². The molecule has 3 rings (SSSR count). The van der Waals surface area contributed by atoms with Gasteiger partial charge in [-0.25, -0.2) is 0 Å². The lowest BCUT2D eigenvalue weighted by molar-refractivity contribution is -0.132. The normalized spacial score (nSPS) is 15.1. The molecule has 0 radical (unpaired) electrons. The van der Waals surface area contributed by atoms with Crippen molar-refractivity contribution in [2.24, 2.45) is 0 Å². The van der Waals surface area contributed by atoms with Gasteiger partial charge in [0.2, 0.25) is 11.1 Å². The SMILES string of the molecule is O=C(CSc1n[nH]c(-c2ccccn2)n1)N1CCOCC1. The fourth-order valence-corrected chi connectivity index (χ4v) is 2.66. The van der Waals surface area contributed by atoms with E-state index in [0.29, 0.717) is 43.0 Å². The summed E-state index contributed by atoms with van der Waals surface area (Å²) in [5.41, 5.74) is 0.733. The van der Waals surface area contributed by atoms with E-state index in [4.69, 9.17) is 4.74 Å². The summed E-state index contributed by atoms with van der Waals surface area (Å²) in [5.74, 6) is 1.03. The maximum Gasteiger partial charge on any atom is 0.233 e. The number of carbonyl (C=O) groups is 1. The number of aromatic nitrogens is 4. The molecular formula is C13H15N5O2S. The fraction of sp³-hybridized carbons (Fsp3) is 0.385. The van der Waals surface area contributed by atoms with Gasteiger partial charge in [0.25, 0.3) is 0 Å². The third kappa shape index (κ3) is 3.59. The number of nitrogens with one attached hydrogen (secondary N) is 1. The van der Waals surface area contributed by atoms with E-state index in [-0.39, 0.29) is 5.91 Å². The minimum absolute atomic E-state index is 0.0903. The Kier molecular flexibility index (Phi) is 4.46. The number of rotatable bonds is 4. The number of thioether (sulfide) groups is 1. The van der Waals surface area contributed by atoms with Crippen molar-refractivity contribution in [3.63, 3.8) is 0 Å². The first-order chi connectivity index (χ1) is 10.3. The Bertz CT molecular complexity index is 598. The molecule has 0 bridgehead atoms. The van der Waals surface area contributed by atoms with Gasteiger partial charge in [-0.3, -0.25) is 14.9 Å². The van der Waals surface area contributed by atoms with Crippen LogP contribution >= 0.6 is 11.8 Å². The summed E-state index contributed by atoms with van der Waals surface area (Å²) >= 11 is 1.32. The average molecular weight is 305 g/mol. The van der Waals surface area contributed by atoms with Gasteiger partial charge in [-0.2, -0.15) is 4.98 Å². The molecule has 0 saturated carbocycles. The first kappa shape index (κ1) is 14.0. The highest BCUT2D eigenvalue weighted by molar-refractivity contribution is 7.99. The lowest BCUT2D eigenvalue weighted by Crippen LogP contribution is -2.41. The molecule has 2 aromatic rings. The number of morpholine rings is 1. The van der Waals surface area contributed by atoms with E-state index < -0.39 is 0 Å². The molecule has 7 nitrogen and oxygen atoms in total. The zero-order valence-corrected chi connectivity index (χ0v) is 12.2. The number of hydrogen-bond acceptors (Lipinski definition) is 6. The molecule has 2 aromatic heterocycles. The molecule has 8 heteroatoms. The highest BCUT2D eigenvalue weighted by Crippen LogP contribution is 2.17. The van der Waals surface area contributed by atoms with Crippen LogP contribution in [0.25, 0.3) is 11.5 Å². The molecule has 1 fully saturated rings. The largest absolute Gasteiger partial charge is 0.378 e. The van der Waals surface area contributed by atoms with Gasteiger partial charge >= 0.3 is 0 Å². The summed E-state index contributed by atoms with van der Waals surface area (Å²) in [5, 5.41) is 7.49. The molecule has 0 unspecified atom stereocenters. The second-order valence-electron chi connectivity index (χ2n) is 4.46. The van der Waals surface area contributed by atoms with Crippen molar-refractivity contribution in [3.8, 4) is 11.5 Å². The third-order valence-electron chi connectivity index (χ3n) is 3.06. The number of nitrogens with zero attached hydrogens (tertiary/aromatic N) is 4. The van der Waals surface area contributed by atoms with E-state index in [1.54, 1.807) is 6.20 Å². The molecule has 1 aliphatic heterocycles. The molecule has 110 valence electrons. The zero-order valence-electron chi connectivity index (χ0n) is 11.4. The number of amides is 1. The number of ether oxygens (including phenoxy) is 1. The Hall–Kier alpha value is -1.93. The van der Waals surface area contributed by atoms with Crippen molar-refractivity contribution in [2.45, 2.75) is 5.16 Å². The fourth-order valence-electron chi connectivity index (χ4n) is 1.96. The summed E-state index contributed by atoms with van der Waals surface area (Å²) in [7, 11) is 0. The smallest absolute Gasteiger partial charge is 0.233 e. The van der Waals surface area contributed by atoms with Gasteiger partial charge in [-0.1, -0.05) is 17.8 Å². The Morgan fingerprint density at radius 1 is 1.38 bits per heavy atom. The molecule has 3 heterocycles. The number of aromatic amines is 1. The Morgan fingerprint density at radius 2 is 2.24 bits per heavy atom. The summed E-state index contributed by atoms with van der Waals surface area (Å²) in [6, 6.07) is 5.59. The highest BCUT2D eigenvalue weighted by atomic mass is 32.2. The van der Waals surface area contributed by atoms with E-state index >= 15 is 0 Å². The summed E-state index contributed by atoms with van der Waals surface area (Å²) in [6.45, 7) is 2.54. The van der Waals surface area contributed by atoms with Crippen LogP contribution in [0.3, 0.4) is 0 Å². The van der Waals surface area contributed by atoms with Crippen LogP contribution in [0.2, 0.25) is 0 Å². The van der Waals surface area contributed by atoms with Crippen LogP contribution in [0.4, 0.5) is 0 Å². The van der Waals surface area contributed by atoms with Crippen LogP contribution in [0.5, 0.6) is 0 Å². The Labute approximate surface area is 126 Å². The molecule has 1 amide bonds. The van der Waals surface area contributed by atoms with E-state index in [1.165, 1.54) is 11.8 Å². The van der Waals surface area contributed by atoms with Crippen molar-refractivity contribution < 1.29 is 9.53 Å². The number of H-pyrrole nitrogens is 1. The number of pyridine rings is 1. The number of carbonyl (C=O) groups excluding carboxylic acids is 1. The minimum Gasteiger partial charge on any atom is -0.378 e. The summed E-state index contributed by atoms with van der Waals surface area (Å²) < 4.78 is 5.23. The molecule has 0 aromatic carbocycles. The second kappa shape index (κ2) is 6.68. The monoisotopic (exact) mass is 305 g/mol. The Morgan fingerprint density at radius 3 is 3.00 bits per heavy atom. The molecule has 1 saturated heterocycles. The van der Waals surface area contributed by atoms with Crippen LogP contribution in [0.1, 0.15) is 0 Å². The molecular weight excluding hydrogens is 290 g/mol. The van der Waals surface area contributed by atoms with E-state index in [1.807, 2.05) is 23.1 Å². The molecule has 0 atom stereocenters. The first-order valence-corrected chi connectivity index (χ1v) is 7.63. The molecule has 21 heavy (non-hydrogen) atoms. The van der Waals surface area contributed by atoms with Crippen molar-refractivity contribution in [2.75, 3.05) is 32.1 Å². The maximum atomic E-state index is 12.0. The molecule has 0 aliphatic carbocycles. The lowest BCUT2D eigenvalue weighted by atomic mass is 10.3. The van der Waals surface area contributed by atoms with Crippen molar-refractivity contribution in [3.05, 3.63) is 24.4 Å². The van der Waals surface area contributed by atoms with Gasteiger partial charge in [0.1, 0.15) is 5.69 Å². The van der Waals surface area contributed by atoms with Gasteiger partial charge in [0, 0.05) is 19.3 Å². The lowest BCUT2D eigenvalue weighted by Gasteiger charge is -2.26. The zero-order chi connectivity index (χ0) is 14.5. The van der Waals surface area contributed by atoms with Crippen LogP contribution in [-0.2, 0) is 9.53 Å². The van der Waals surface area contributed by atoms with Crippen LogP contribution in [-0.4, -0.2) is 63.0 Å². The standard InChI is InChI=1S/C13H15N5O2S/c19-11(18-5-7-20-8-6-18)9-21-13-15-12(16-17-13)10-3-1-2-4-14-10/h1-4H,5-9H2,(H,15,16,17). The second-order valence-corrected chi connectivity index (χ2v) is 5.41. The molecule has 1 aliphatic rings. The quantitative estimate of drug-likeness (QED) is 0.842. The van der Waals surface area contributed by atoms with Gasteiger partial charge in [0.05, 0.1) is 19.0 Å². The summed E-state index contributed by atoms with van der Waals surface area (Å²) in [4.78, 5) is 22.4. The third-order valence-corrected chi connectivity index (χ3v) is 3.89. The number of hydrogen-bond donors (Lipinski definition) is 1. The average Bonchev–Trinajstić information content (AvgIpc) is 3.03. The van der Waals surface area contributed by atoms with E-state index in [0.717, 1.165) is 5.69 Å².